The molecule has 7 nitrogen and oxygen atoms in total. The summed E-state index contributed by atoms with van der Waals surface area (Å²) in [5.41, 5.74) is 0.804. The van der Waals surface area contributed by atoms with E-state index >= 15 is 0 Å². The lowest BCUT2D eigenvalue weighted by Gasteiger charge is -2.23. The molecule has 1 unspecified atom stereocenters. The van der Waals surface area contributed by atoms with Crippen LogP contribution >= 0.6 is 11.3 Å². The maximum absolute atomic E-state index is 13.1. The van der Waals surface area contributed by atoms with Crippen molar-refractivity contribution in [2.45, 2.75) is 36.9 Å². The van der Waals surface area contributed by atoms with E-state index in [1.807, 2.05) is 31.2 Å². The molecule has 1 saturated heterocycles. The molecule has 12 heteroatoms. The van der Waals surface area contributed by atoms with E-state index in [4.69, 9.17) is 0 Å². The molecule has 0 saturated carbocycles. The van der Waals surface area contributed by atoms with E-state index in [1.165, 1.54) is 0 Å². The van der Waals surface area contributed by atoms with Gasteiger partial charge < -0.3 is 0 Å². The van der Waals surface area contributed by atoms with E-state index < -0.39 is 38.6 Å². The fourth-order valence-corrected chi connectivity index (χ4v) is 6.06. The van der Waals surface area contributed by atoms with Crippen molar-refractivity contribution in [3.05, 3.63) is 59.7 Å². The Morgan fingerprint density at radius 3 is 2.64 bits per heavy atom. The molecule has 174 valence electrons. The van der Waals surface area contributed by atoms with Crippen LogP contribution < -0.4 is 5.32 Å². The second-order valence-corrected chi connectivity index (χ2v) is 10.4. The molecule has 33 heavy (non-hydrogen) atoms. The molecule has 1 atom stereocenters. The number of carbonyl (C=O) groups is 1. The third-order valence-electron chi connectivity index (χ3n) is 5.19. The van der Waals surface area contributed by atoms with Gasteiger partial charge in [-0.3, -0.25) is 10.1 Å². The Labute approximate surface area is 192 Å². The zero-order valence-corrected chi connectivity index (χ0v) is 19.0. The number of nitrogens with zero attached hydrogens (tertiary/aromatic N) is 3. The van der Waals surface area contributed by atoms with Crippen molar-refractivity contribution in [2.24, 2.45) is 0 Å². The number of nitrogens with one attached hydrogen (secondary N) is 1. The van der Waals surface area contributed by atoms with E-state index in [0.29, 0.717) is 17.5 Å². The lowest BCUT2D eigenvalue weighted by Crippen LogP contribution is -2.43. The average molecular weight is 497 g/mol. The first kappa shape index (κ1) is 23.3. The number of sulfonamides is 1. The fourth-order valence-electron chi connectivity index (χ4n) is 3.62. The lowest BCUT2D eigenvalue weighted by molar-refractivity contribution is -0.137. The largest absolute Gasteiger partial charge is 0.416 e. The molecule has 4 rings (SSSR count). The van der Waals surface area contributed by atoms with Crippen LogP contribution in [0.25, 0.3) is 10.6 Å². The monoisotopic (exact) mass is 496 g/mol. The summed E-state index contributed by atoms with van der Waals surface area (Å²) in [7, 11) is -4.31. The molecule has 1 aromatic heterocycles. The van der Waals surface area contributed by atoms with Gasteiger partial charge in [0.2, 0.25) is 21.1 Å². The van der Waals surface area contributed by atoms with Crippen LogP contribution in [-0.2, 0) is 21.0 Å². The third-order valence-corrected chi connectivity index (χ3v) is 7.99. The maximum Gasteiger partial charge on any atom is 0.416 e. The number of aryl methyl sites for hydroxylation is 1. The van der Waals surface area contributed by atoms with Gasteiger partial charge in [-0.15, -0.1) is 10.2 Å². The second-order valence-electron chi connectivity index (χ2n) is 7.57. The highest BCUT2D eigenvalue weighted by Crippen LogP contribution is 2.33. The van der Waals surface area contributed by atoms with Crippen LogP contribution in [0.5, 0.6) is 0 Å². The molecule has 1 N–H and O–H groups in total. The minimum absolute atomic E-state index is 0.0291. The third kappa shape index (κ3) is 4.92. The van der Waals surface area contributed by atoms with E-state index in [2.05, 4.69) is 15.5 Å². The van der Waals surface area contributed by atoms with E-state index in [0.717, 1.165) is 45.0 Å². The van der Waals surface area contributed by atoms with Gasteiger partial charge in [-0.1, -0.05) is 41.2 Å². The van der Waals surface area contributed by atoms with Crippen molar-refractivity contribution in [3.63, 3.8) is 0 Å². The minimum Gasteiger partial charge on any atom is -0.299 e. The molecule has 1 aliphatic heterocycles. The van der Waals surface area contributed by atoms with Gasteiger partial charge in [0, 0.05) is 12.1 Å². The molecule has 3 aromatic rings. The summed E-state index contributed by atoms with van der Waals surface area (Å²) >= 11 is 1.14. The Hall–Kier alpha value is -2.83. The predicted octanol–water partition coefficient (Wildman–Crippen LogP) is 4.32. The molecule has 0 spiro atoms. The van der Waals surface area contributed by atoms with Crippen molar-refractivity contribution >= 4 is 32.4 Å². The molecule has 1 fully saturated rings. The average Bonchev–Trinajstić information content (AvgIpc) is 3.43. The van der Waals surface area contributed by atoms with Crippen LogP contribution in [-0.4, -0.2) is 41.4 Å². The number of amides is 1. The van der Waals surface area contributed by atoms with Crippen LogP contribution in [0.3, 0.4) is 0 Å². The Morgan fingerprint density at radius 2 is 1.91 bits per heavy atom. The molecule has 2 heterocycles. The quantitative estimate of drug-likeness (QED) is 0.568. The second kappa shape index (κ2) is 8.84. The molecule has 0 bridgehead atoms. The number of hydrogen-bond donors (Lipinski definition) is 1. The first-order valence-corrected chi connectivity index (χ1v) is 12.2. The highest BCUT2D eigenvalue weighted by atomic mass is 32.2. The minimum atomic E-state index is -4.68. The van der Waals surface area contributed by atoms with E-state index in [-0.39, 0.29) is 18.1 Å². The summed E-state index contributed by atoms with van der Waals surface area (Å²) < 4.78 is 66.2. The molecule has 1 aliphatic rings. The highest BCUT2D eigenvalue weighted by molar-refractivity contribution is 7.89. The Bertz CT molecular complexity index is 1290. The topological polar surface area (TPSA) is 92.3 Å². The SMILES string of the molecule is Cc1cccc(-c2nnc(NC(=O)C3CCCN3S(=O)(=O)c3cccc(C(F)(F)F)c3)s2)c1. The molecular weight excluding hydrogens is 477 g/mol. The zero-order valence-electron chi connectivity index (χ0n) is 17.3. The van der Waals surface area contributed by atoms with Crippen LogP contribution in [0.1, 0.15) is 24.0 Å². The van der Waals surface area contributed by atoms with Gasteiger partial charge in [0.25, 0.3) is 0 Å². The number of alkyl halides is 3. The summed E-state index contributed by atoms with van der Waals surface area (Å²) in [6.07, 6.45) is -4.03. The summed E-state index contributed by atoms with van der Waals surface area (Å²) in [6.45, 7) is 1.97. The molecular formula is C21H19F3N4O3S2. The van der Waals surface area contributed by atoms with Gasteiger partial charge in [-0.25, -0.2) is 8.42 Å². The van der Waals surface area contributed by atoms with Crippen LogP contribution in [0.15, 0.2) is 53.4 Å². The lowest BCUT2D eigenvalue weighted by atomic mass is 10.1. The normalized spacial score (nSPS) is 17.3. The summed E-state index contributed by atoms with van der Waals surface area (Å²) in [6, 6.07) is 10.1. The van der Waals surface area contributed by atoms with Crippen molar-refractivity contribution in [2.75, 3.05) is 11.9 Å². The number of hydrogen-bond acceptors (Lipinski definition) is 6. The fraction of sp³-hybridized carbons (Fsp3) is 0.286. The summed E-state index contributed by atoms with van der Waals surface area (Å²) in [5.74, 6) is -0.602. The number of benzene rings is 2. The first-order valence-electron chi connectivity index (χ1n) is 9.96. The Morgan fingerprint density at radius 1 is 1.15 bits per heavy atom. The Kier molecular flexibility index (Phi) is 6.25. The predicted molar refractivity (Wildman–Crippen MR) is 117 cm³/mol. The highest BCUT2D eigenvalue weighted by Gasteiger charge is 2.40. The van der Waals surface area contributed by atoms with E-state index in [1.54, 1.807) is 0 Å². The number of aromatic nitrogens is 2. The molecule has 0 radical (unpaired) electrons. The van der Waals surface area contributed by atoms with Gasteiger partial charge in [-0.05, 0) is 44.0 Å². The summed E-state index contributed by atoms with van der Waals surface area (Å²) in [5, 5.41) is 11.4. The van der Waals surface area contributed by atoms with Crippen molar-refractivity contribution in [1.82, 2.24) is 14.5 Å². The molecule has 1 amide bonds. The zero-order chi connectivity index (χ0) is 23.8. The Balaban J connectivity index is 1.53. The number of carbonyl (C=O) groups excluding carboxylic acids is 1. The smallest absolute Gasteiger partial charge is 0.299 e. The summed E-state index contributed by atoms with van der Waals surface area (Å²) in [4.78, 5) is 12.4. The van der Waals surface area contributed by atoms with Crippen LogP contribution in [0.4, 0.5) is 18.3 Å². The molecule has 0 aliphatic carbocycles. The number of halogens is 3. The number of anilines is 1. The number of rotatable bonds is 5. The van der Waals surface area contributed by atoms with Crippen LogP contribution in [0, 0.1) is 6.92 Å². The van der Waals surface area contributed by atoms with Gasteiger partial charge >= 0.3 is 6.18 Å². The van der Waals surface area contributed by atoms with Crippen molar-refractivity contribution < 1.29 is 26.4 Å². The van der Waals surface area contributed by atoms with Crippen molar-refractivity contribution in [1.29, 1.82) is 0 Å². The first-order chi connectivity index (χ1) is 15.6. The van der Waals surface area contributed by atoms with Crippen molar-refractivity contribution in [3.8, 4) is 10.6 Å². The maximum atomic E-state index is 13.1. The standard InChI is InChI=1S/C21H19F3N4O3S2/c1-13-5-2-6-14(11-13)19-26-27-20(32-19)25-18(29)17-9-4-10-28(17)33(30,31)16-8-3-7-15(12-16)21(22,23)24/h2-3,5-8,11-12,17H,4,9-10H2,1H3,(H,25,27,29). The van der Waals surface area contributed by atoms with Gasteiger partial charge in [0.05, 0.1) is 10.5 Å². The molecule has 2 aromatic carbocycles. The van der Waals surface area contributed by atoms with Gasteiger partial charge in [0.1, 0.15) is 11.0 Å². The van der Waals surface area contributed by atoms with Gasteiger partial charge in [0.15, 0.2) is 0 Å². The van der Waals surface area contributed by atoms with Crippen LogP contribution in [0.2, 0.25) is 0 Å². The van der Waals surface area contributed by atoms with E-state index in [9.17, 15) is 26.4 Å². The van der Waals surface area contributed by atoms with Gasteiger partial charge in [-0.2, -0.15) is 17.5 Å².